The summed E-state index contributed by atoms with van der Waals surface area (Å²) in [6.45, 7) is 3.43. The van der Waals surface area contributed by atoms with Crippen molar-refractivity contribution in [3.05, 3.63) is 0 Å². The fourth-order valence-corrected chi connectivity index (χ4v) is 3.30. The summed E-state index contributed by atoms with van der Waals surface area (Å²) in [6.07, 6.45) is 5.79. The molecule has 1 aliphatic heterocycles. The standard InChI is InChI=1S/C9H19NO3S2/c11-15(12,13)14-9-5-4-8-10-6-2-1-3-7-10/h1-9H2,(H,11,12,13). The Morgan fingerprint density at radius 3 is 2.40 bits per heavy atom. The van der Waals surface area contributed by atoms with E-state index in [2.05, 4.69) is 4.90 Å². The van der Waals surface area contributed by atoms with Crippen LogP contribution in [0.1, 0.15) is 32.1 Å². The van der Waals surface area contributed by atoms with Crippen molar-refractivity contribution in [2.75, 3.05) is 25.4 Å². The van der Waals surface area contributed by atoms with Gasteiger partial charge in [-0.05, 0) is 56.1 Å². The van der Waals surface area contributed by atoms with Gasteiger partial charge >= 0.3 is 9.15 Å². The Bertz CT molecular complexity index is 261. The number of hydrogen-bond acceptors (Lipinski definition) is 4. The molecule has 1 fully saturated rings. The van der Waals surface area contributed by atoms with Gasteiger partial charge in [-0.25, -0.2) is 0 Å². The lowest BCUT2D eigenvalue weighted by Crippen LogP contribution is -2.30. The molecule has 1 aliphatic rings. The van der Waals surface area contributed by atoms with Gasteiger partial charge in [-0.1, -0.05) is 6.42 Å². The molecule has 0 aromatic heterocycles. The monoisotopic (exact) mass is 253 g/mol. The summed E-state index contributed by atoms with van der Waals surface area (Å²) in [5, 5.41) is 0. The highest BCUT2D eigenvalue weighted by Crippen LogP contribution is 2.13. The summed E-state index contributed by atoms with van der Waals surface area (Å²) in [7, 11) is -3.20. The van der Waals surface area contributed by atoms with Gasteiger partial charge in [-0.3, -0.25) is 4.55 Å². The first-order valence-corrected chi connectivity index (χ1v) is 8.36. The largest absolute Gasteiger partial charge is 0.319 e. The third kappa shape index (κ3) is 7.16. The number of rotatable bonds is 6. The van der Waals surface area contributed by atoms with Gasteiger partial charge in [0.1, 0.15) is 0 Å². The Balaban J connectivity index is 1.96. The normalized spacial score (nSPS) is 19.3. The van der Waals surface area contributed by atoms with E-state index in [0.29, 0.717) is 16.5 Å². The van der Waals surface area contributed by atoms with E-state index in [1.165, 1.54) is 32.4 Å². The van der Waals surface area contributed by atoms with E-state index in [-0.39, 0.29) is 0 Å². The van der Waals surface area contributed by atoms with Crippen molar-refractivity contribution in [3.63, 3.8) is 0 Å². The predicted molar refractivity (Wildman–Crippen MR) is 63.5 cm³/mol. The summed E-state index contributed by atoms with van der Waals surface area (Å²) in [6, 6.07) is 0. The second kappa shape index (κ2) is 6.73. The molecule has 0 aliphatic carbocycles. The zero-order chi connectivity index (χ0) is 11.1. The molecule has 1 heterocycles. The zero-order valence-electron chi connectivity index (χ0n) is 8.89. The highest BCUT2D eigenvalue weighted by atomic mass is 33.1. The van der Waals surface area contributed by atoms with E-state index in [4.69, 9.17) is 4.55 Å². The predicted octanol–water partition coefficient (Wildman–Crippen LogP) is 1.79. The molecule has 0 atom stereocenters. The van der Waals surface area contributed by atoms with Crippen LogP contribution in [0.25, 0.3) is 0 Å². The first kappa shape index (κ1) is 13.3. The van der Waals surface area contributed by atoms with E-state index >= 15 is 0 Å². The van der Waals surface area contributed by atoms with Crippen LogP contribution in [-0.2, 0) is 9.15 Å². The third-order valence-corrected chi connectivity index (χ3v) is 4.70. The Labute approximate surface area is 95.6 Å². The van der Waals surface area contributed by atoms with Crippen molar-refractivity contribution in [3.8, 4) is 0 Å². The summed E-state index contributed by atoms with van der Waals surface area (Å²) in [5.74, 6) is 0.493. The lowest BCUT2D eigenvalue weighted by Gasteiger charge is -2.26. The lowest BCUT2D eigenvalue weighted by atomic mass is 10.1. The number of likely N-dealkylation sites (tertiary alicyclic amines) is 1. The van der Waals surface area contributed by atoms with Crippen LogP contribution < -0.4 is 0 Å². The van der Waals surface area contributed by atoms with E-state index < -0.39 is 9.15 Å². The smallest absolute Gasteiger partial charge is 0.303 e. The van der Waals surface area contributed by atoms with Gasteiger partial charge in [0.05, 0.1) is 0 Å². The molecule has 0 unspecified atom stereocenters. The van der Waals surface area contributed by atoms with Crippen LogP contribution in [0, 0.1) is 0 Å². The molecular weight excluding hydrogens is 234 g/mol. The van der Waals surface area contributed by atoms with Crippen LogP contribution in [-0.4, -0.2) is 43.3 Å². The van der Waals surface area contributed by atoms with Gasteiger partial charge in [0, 0.05) is 5.75 Å². The highest BCUT2D eigenvalue weighted by molar-refractivity contribution is 8.69. The van der Waals surface area contributed by atoms with Gasteiger partial charge in [0.15, 0.2) is 0 Å². The average Bonchev–Trinajstić information content (AvgIpc) is 2.17. The van der Waals surface area contributed by atoms with Crippen LogP contribution in [0.5, 0.6) is 0 Å². The second-order valence-electron chi connectivity index (χ2n) is 3.86. The molecule has 1 saturated heterocycles. The van der Waals surface area contributed by atoms with Gasteiger partial charge in [-0.2, -0.15) is 8.42 Å². The van der Waals surface area contributed by atoms with Gasteiger partial charge < -0.3 is 4.90 Å². The molecule has 4 nitrogen and oxygen atoms in total. The van der Waals surface area contributed by atoms with Crippen molar-refractivity contribution < 1.29 is 13.0 Å². The average molecular weight is 253 g/mol. The van der Waals surface area contributed by atoms with Crippen molar-refractivity contribution in [1.29, 1.82) is 0 Å². The highest BCUT2D eigenvalue weighted by Gasteiger charge is 2.09. The molecule has 15 heavy (non-hydrogen) atoms. The minimum Gasteiger partial charge on any atom is -0.303 e. The first-order chi connectivity index (χ1) is 7.08. The molecule has 6 heteroatoms. The van der Waals surface area contributed by atoms with E-state index in [9.17, 15) is 8.42 Å². The summed E-state index contributed by atoms with van der Waals surface area (Å²) < 4.78 is 29.3. The molecule has 0 amide bonds. The van der Waals surface area contributed by atoms with Crippen molar-refractivity contribution >= 4 is 19.9 Å². The van der Waals surface area contributed by atoms with Gasteiger partial charge in [-0.15, -0.1) is 0 Å². The van der Waals surface area contributed by atoms with Crippen LogP contribution in [0.3, 0.4) is 0 Å². The Kier molecular flexibility index (Phi) is 5.96. The molecule has 1 N–H and O–H groups in total. The Morgan fingerprint density at radius 1 is 1.13 bits per heavy atom. The minimum atomic E-state index is -3.83. The van der Waals surface area contributed by atoms with Gasteiger partial charge in [0.2, 0.25) is 0 Å². The summed E-state index contributed by atoms with van der Waals surface area (Å²) in [4.78, 5) is 2.43. The number of nitrogens with zero attached hydrogens (tertiary/aromatic N) is 1. The quantitative estimate of drug-likeness (QED) is 0.444. The second-order valence-corrected chi connectivity index (χ2v) is 7.33. The number of piperidine rings is 1. The Morgan fingerprint density at radius 2 is 1.80 bits per heavy atom. The SMILES string of the molecule is O=S(=O)(O)SCCCCN1CCCCC1. The van der Waals surface area contributed by atoms with E-state index in [1.54, 1.807) is 0 Å². The molecule has 0 spiro atoms. The van der Waals surface area contributed by atoms with Crippen molar-refractivity contribution in [1.82, 2.24) is 4.90 Å². The number of unbranched alkanes of at least 4 members (excludes halogenated alkanes) is 1. The third-order valence-electron chi connectivity index (χ3n) is 2.55. The molecule has 0 bridgehead atoms. The molecule has 0 aromatic carbocycles. The van der Waals surface area contributed by atoms with E-state index in [1.807, 2.05) is 0 Å². The van der Waals surface area contributed by atoms with Crippen LogP contribution in [0.15, 0.2) is 0 Å². The topological polar surface area (TPSA) is 57.6 Å². The van der Waals surface area contributed by atoms with Crippen molar-refractivity contribution in [2.24, 2.45) is 0 Å². The molecule has 0 saturated carbocycles. The molecular formula is C9H19NO3S2. The van der Waals surface area contributed by atoms with Gasteiger partial charge in [0.25, 0.3) is 0 Å². The fraction of sp³-hybridized carbons (Fsp3) is 1.00. The maximum absolute atomic E-state index is 10.4. The van der Waals surface area contributed by atoms with E-state index in [0.717, 1.165) is 19.4 Å². The first-order valence-electron chi connectivity index (χ1n) is 5.42. The Hall–Kier alpha value is 0.220. The lowest BCUT2D eigenvalue weighted by molar-refractivity contribution is 0.226. The van der Waals surface area contributed by atoms with Crippen molar-refractivity contribution in [2.45, 2.75) is 32.1 Å². The molecule has 0 radical (unpaired) electrons. The summed E-state index contributed by atoms with van der Waals surface area (Å²) in [5.41, 5.74) is 0. The zero-order valence-corrected chi connectivity index (χ0v) is 10.5. The molecule has 1 rings (SSSR count). The maximum Gasteiger partial charge on any atom is 0.319 e. The van der Waals surface area contributed by atoms with Crippen LogP contribution >= 0.6 is 10.8 Å². The number of hydrogen-bond donors (Lipinski definition) is 1. The fourth-order valence-electron chi connectivity index (χ4n) is 1.78. The minimum absolute atomic E-state index is 0.493. The molecule has 0 aromatic rings. The maximum atomic E-state index is 10.4. The van der Waals surface area contributed by atoms with Crippen LogP contribution in [0.2, 0.25) is 0 Å². The molecule has 90 valence electrons. The van der Waals surface area contributed by atoms with Crippen LogP contribution in [0.4, 0.5) is 0 Å². The summed E-state index contributed by atoms with van der Waals surface area (Å²) >= 11 is 0.